The van der Waals surface area contributed by atoms with Crippen LogP contribution in [0.15, 0.2) is 12.3 Å². The number of likely N-dealkylation sites (tertiary alicyclic amines) is 2. The summed E-state index contributed by atoms with van der Waals surface area (Å²) in [6.45, 7) is 5.17. The fraction of sp³-hybridized carbons (Fsp3) is 0.667. The molecule has 3 heterocycles. The Labute approximate surface area is 143 Å². The molecule has 2 amide bonds. The number of piperidine rings is 1. The van der Waals surface area contributed by atoms with E-state index in [9.17, 15) is 9.59 Å². The molecule has 1 spiro atoms. The normalized spacial score (nSPS) is 24.2. The predicted molar refractivity (Wildman–Crippen MR) is 90.8 cm³/mol. The molecule has 0 saturated carbocycles. The number of amides is 2. The molecule has 1 aromatic rings. The van der Waals surface area contributed by atoms with Crippen molar-refractivity contribution in [1.82, 2.24) is 14.4 Å². The van der Waals surface area contributed by atoms with Gasteiger partial charge in [-0.1, -0.05) is 0 Å². The molecule has 6 heteroatoms. The van der Waals surface area contributed by atoms with Crippen LogP contribution in [0.25, 0.3) is 0 Å². The van der Waals surface area contributed by atoms with Crippen molar-refractivity contribution in [3.05, 3.63) is 23.5 Å². The summed E-state index contributed by atoms with van der Waals surface area (Å²) in [7, 11) is 3.60. The van der Waals surface area contributed by atoms with Gasteiger partial charge in [0.15, 0.2) is 0 Å². The molecular weight excluding hydrogens is 306 g/mol. The van der Waals surface area contributed by atoms with E-state index in [0.717, 1.165) is 37.1 Å². The van der Waals surface area contributed by atoms with Gasteiger partial charge in [0.25, 0.3) is 5.91 Å². The van der Waals surface area contributed by atoms with Crippen LogP contribution in [0.5, 0.6) is 0 Å². The second-order valence-electron chi connectivity index (χ2n) is 7.07. The second kappa shape index (κ2) is 6.59. The summed E-state index contributed by atoms with van der Waals surface area (Å²) in [6, 6.07) is 1.87. The number of carbonyl (C=O) groups excluding carboxylic acids is 2. The first kappa shape index (κ1) is 17.0. The maximum Gasteiger partial charge on any atom is 0.255 e. The van der Waals surface area contributed by atoms with E-state index in [2.05, 4.69) is 0 Å². The van der Waals surface area contributed by atoms with E-state index in [4.69, 9.17) is 4.74 Å². The molecule has 2 saturated heterocycles. The minimum Gasteiger partial charge on any atom is -0.383 e. The Morgan fingerprint density at radius 1 is 1.33 bits per heavy atom. The topological polar surface area (TPSA) is 54.8 Å². The van der Waals surface area contributed by atoms with Crippen molar-refractivity contribution in [2.24, 2.45) is 12.5 Å². The molecule has 3 rings (SSSR count). The van der Waals surface area contributed by atoms with Gasteiger partial charge in [0.2, 0.25) is 5.91 Å². The number of rotatable bonds is 4. The van der Waals surface area contributed by atoms with Crippen molar-refractivity contribution >= 4 is 11.8 Å². The van der Waals surface area contributed by atoms with E-state index in [1.54, 1.807) is 7.11 Å². The minimum absolute atomic E-state index is 0.0480. The first-order valence-corrected chi connectivity index (χ1v) is 8.68. The number of hydrogen-bond donors (Lipinski definition) is 0. The fourth-order valence-corrected chi connectivity index (χ4v) is 4.00. The largest absolute Gasteiger partial charge is 0.383 e. The molecule has 2 aliphatic heterocycles. The van der Waals surface area contributed by atoms with Crippen molar-refractivity contribution in [3.63, 3.8) is 0 Å². The number of ether oxygens (including phenoxy) is 1. The molecule has 1 atom stereocenters. The zero-order valence-electron chi connectivity index (χ0n) is 14.9. The Morgan fingerprint density at radius 3 is 2.79 bits per heavy atom. The summed E-state index contributed by atoms with van der Waals surface area (Å²) in [5, 5.41) is 0. The van der Waals surface area contributed by atoms with Crippen LogP contribution in [0, 0.1) is 12.3 Å². The molecule has 0 bridgehead atoms. The van der Waals surface area contributed by atoms with E-state index in [-0.39, 0.29) is 17.2 Å². The molecule has 2 fully saturated rings. The quantitative estimate of drug-likeness (QED) is 0.838. The number of aryl methyl sites for hydroxylation is 1. The highest BCUT2D eigenvalue weighted by Crippen LogP contribution is 2.40. The Morgan fingerprint density at radius 2 is 2.12 bits per heavy atom. The highest BCUT2D eigenvalue weighted by molar-refractivity contribution is 5.96. The molecule has 24 heavy (non-hydrogen) atoms. The summed E-state index contributed by atoms with van der Waals surface area (Å²) in [6.07, 6.45) is 4.56. The van der Waals surface area contributed by atoms with Crippen molar-refractivity contribution in [2.45, 2.75) is 26.2 Å². The molecule has 2 aliphatic rings. The molecule has 0 N–H and O–H groups in total. The summed E-state index contributed by atoms with van der Waals surface area (Å²) < 4.78 is 7.07. The van der Waals surface area contributed by atoms with Crippen LogP contribution in [0.4, 0.5) is 0 Å². The fourth-order valence-electron chi connectivity index (χ4n) is 4.00. The zero-order valence-corrected chi connectivity index (χ0v) is 14.9. The Hall–Kier alpha value is -1.82. The third-order valence-corrected chi connectivity index (χ3v) is 5.64. The summed E-state index contributed by atoms with van der Waals surface area (Å²) in [5.74, 6) is 0.248. The SMILES string of the molecule is COCCN1CCCC2(CCN(C(=O)c3ccn(C)c3C)C2)C1=O. The first-order valence-electron chi connectivity index (χ1n) is 8.68. The summed E-state index contributed by atoms with van der Waals surface area (Å²) in [5.41, 5.74) is 1.33. The lowest BCUT2D eigenvalue weighted by atomic mass is 9.78. The van der Waals surface area contributed by atoms with Gasteiger partial charge in [0.05, 0.1) is 17.6 Å². The number of aromatic nitrogens is 1. The molecule has 6 nitrogen and oxygen atoms in total. The number of methoxy groups -OCH3 is 1. The average Bonchev–Trinajstić information content (AvgIpc) is 3.14. The van der Waals surface area contributed by atoms with Gasteiger partial charge in [-0.05, 0) is 32.3 Å². The highest BCUT2D eigenvalue weighted by Gasteiger charge is 2.49. The van der Waals surface area contributed by atoms with E-state index in [0.29, 0.717) is 26.2 Å². The Bertz CT molecular complexity index is 639. The smallest absolute Gasteiger partial charge is 0.255 e. The average molecular weight is 333 g/mol. The molecule has 132 valence electrons. The van der Waals surface area contributed by atoms with Crippen LogP contribution in [0.3, 0.4) is 0 Å². The van der Waals surface area contributed by atoms with E-state index in [1.165, 1.54) is 0 Å². The third-order valence-electron chi connectivity index (χ3n) is 5.64. The minimum atomic E-state index is -0.385. The first-order chi connectivity index (χ1) is 11.5. The second-order valence-corrected chi connectivity index (χ2v) is 7.07. The van der Waals surface area contributed by atoms with Gasteiger partial charge in [-0.2, -0.15) is 0 Å². The molecule has 1 unspecified atom stereocenters. The Kier molecular flexibility index (Phi) is 4.67. The van der Waals surface area contributed by atoms with Crippen molar-refractivity contribution in [1.29, 1.82) is 0 Å². The Balaban J connectivity index is 1.72. The lowest BCUT2D eigenvalue weighted by molar-refractivity contribution is -0.146. The molecular formula is C18H27N3O3. The van der Waals surface area contributed by atoms with E-state index < -0.39 is 0 Å². The van der Waals surface area contributed by atoms with Crippen LogP contribution >= 0.6 is 0 Å². The zero-order chi connectivity index (χ0) is 17.3. The lowest BCUT2D eigenvalue weighted by Crippen LogP contribution is -2.51. The van der Waals surface area contributed by atoms with Gasteiger partial charge in [0, 0.05) is 52.2 Å². The van der Waals surface area contributed by atoms with Crippen LogP contribution < -0.4 is 0 Å². The maximum atomic E-state index is 13.0. The van der Waals surface area contributed by atoms with Gasteiger partial charge in [0.1, 0.15) is 0 Å². The van der Waals surface area contributed by atoms with Crippen molar-refractivity contribution in [3.8, 4) is 0 Å². The molecule has 0 aromatic carbocycles. The maximum absolute atomic E-state index is 13.0. The van der Waals surface area contributed by atoms with Gasteiger partial charge in [-0.15, -0.1) is 0 Å². The lowest BCUT2D eigenvalue weighted by Gasteiger charge is -2.39. The van der Waals surface area contributed by atoms with E-state index >= 15 is 0 Å². The number of carbonyl (C=O) groups is 2. The molecule has 1 aromatic heterocycles. The van der Waals surface area contributed by atoms with Gasteiger partial charge in [-0.25, -0.2) is 0 Å². The van der Waals surface area contributed by atoms with Crippen molar-refractivity contribution < 1.29 is 14.3 Å². The monoisotopic (exact) mass is 333 g/mol. The third kappa shape index (κ3) is 2.83. The number of nitrogens with zero attached hydrogens (tertiary/aromatic N) is 3. The van der Waals surface area contributed by atoms with Gasteiger partial charge in [-0.3, -0.25) is 9.59 Å². The number of hydrogen-bond acceptors (Lipinski definition) is 3. The molecule has 0 radical (unpaired) electrons. The van der Waals surface area contributed by atoms with Crippen molar-refractivity contribution in [2.75, 3.05) is 39.9 Å². The van der Waals surface area contributed by atoms with Gasteiger partial charge >= 0.3 is 0 Å². The summed E-state index contributed by atoms with van der Waals surface area (Å²) in [4.78, 5) is 29.6. The van der Waals surface area contributed by atoms with Crippen LogP contribution in [-0.4, -0.2) is 66.1 Å². The van der Waals surface area contributed by atoms with Crippen LogP contribution in [-0.2, 0) is 16.6 Å². The molecule has 0 aliphatic carbocycles. The summed E-state index contributed by atoms with van der Waals surface area (Å²) >= 11 is 0. The van der Waals surface area contributed by atoms with Crippen LogP contribution in [0.2, 0.25) is 0 Å². The van der Waals surface area contributed by atoms with E-state index in [1.807, 2.05) is 40.6 Å². The predicted octanol–water partition coefficient (Wildman–Crippen LogP) is 1.43. The highest BCUT2D eigenvalue weighted by atomic mass is 16.5. The standard InChI is InChI=1S/C18H27N3O3/c1-14-15(5-9-19(14)2)16(22)21-10-7-18(13-21)6-4-8-20(17(18)23)11-12-24-3/h5,9H,4,6-8,10-13H2,1-3H3. The van der Waals surface area contributed by atoms with Gasteiger partial charge < -0.3 is 19.1 Å². The van der Waals surface area contributed by atoms with Crippen LogP contribution in [0.1, 0.15) is 35.3 Å².